The Kier molecular flexibility index (Phi) is 3.26. The number of aromatic nitrogens is 2. The molecule has 9 heteroatoms. The second kappa shape index (κ2) is 4.71. The summed E-state index contributed by atoms with van der Waals surface area (Å²) in [6.07, 6.45) is -0.982. The highest BCUT2D eigenvalue weighted by Crippen LogP contribution is 2.39. The Morgan fingerprint density at radius 1 is 1.50 bits per heavy atom. The van der Waals surface area contributed by atoms with Crippen molar-refractivity contribution in [1.82, 2.24) is 9.55 Å². The summed E-state index contributed by atoms with van der Waals surface area (Å²) in [5.74, 6) is 0.590. The molecule has 2 aliphatic rings. The molecule has 0 amide bonds. The Morgan fingerprint density at radius 2 is 2.25 bits per heavy atom. The maximum atomic E-state index is 10.0. The largest absolute Gasteiger partial charge is 0.394 e. The van der Waals surface area contributed by atoms with E-state index in [2.05, 4.69) is 27.9 Å². The van der Waals surface area contributed by atoms with E-state index in [1.807, 2.05) is 0 Å². The Bertz CT molecular complexity index is 547. The van der Waals surface area contributed by atoms with E-state index in [4.69, 9.17) is 9.84 Å². The van der Waals surface area contributed by atoms with Crippen molar-refractivity contribution in [2.45, 2.75) is 36.3 Å². The van der Waals surface area contributed by atoms with Gasteiger partial charge in [0.15, 0.2) is 6.23 Å². The number of fused-ring (bicyclic) bond motifs is 1. The second-order valence-corrected chi connectivity index (χ2v) is 5.87. The zero-order valence-electron chi connectivity index (χ0n) is 10.7. The topological polar surface area (TPSA) is 112 Å². The fourth-order valence-electron chi connectivity index (χ4n) is 2.43. The molecule has 110 valence electrons. The van der Waals surface area contributed by atoms with E-state index in [1.165, 1.54) is 12.7 Å². The quantitative estimate of drug-likeness (QED) is 0.450. The Balaban J connectivity index is 1.96. The molecule has 0 saturated carbocycles. The highest BCUT2D eigenvalue weighted by Gasteiger charge is 2.45. The summed E-state index contributed by atoms with van der Waals surface area (Å²) in [5.41, 5.74) is 0.598. The van der Waals surface area contributed by atoms with Crippen LogP contribution in [0.1, 0.15) is 18.8 Å². The summed E-state index contributed by atoms with van der Waals surface area (Å²) in [6, 6.07) is 0. The standard InChI is InChI=1S/C11H16N4O4S/c1-11(20)8-9(12-3-14-11)15(4-13-8)10-7(18)6(17)5(2-16)19-10/h3-7,10,16-18,20H,2H2,1H3,(H,12,14)/t5-,6-,7-,10?,11?/m1/s1. The van der Waals surface area contributed by atoms with Gasteiger partial charge in [-0.1, -0.05) is 0 Å². The van der Waals surface area contributed by atoms with E-state index in [9.17, 15) is 10.2 Å². The van der Waals surface area contributed by atoms with Crippen LogP contribution < -0.4 is 5.32 Å². The number of imidazole rings is 1. The number of nitrogens with one attached hydrogen (secondary N) is 1. The van der Waals surface area contributed by atoms with E-state index in [1.54, 1.807) is 11.5 Å². The van der Waals surface area contributed by atoms with Crippen LogP contribution in [0.5, 0.6) is 0 Å². The fourth-order valence-corrected chi connectivity index (χ4v) is 2.65. The molecule has 5 atom stereocenters. The molecule has 4 N–H and O–H groups in total. The minimum Gasteiger partial charge on any atom is -0.394 e. The first-order valence-corrected chi connectivity index (χ1v) is 6.63. The molecule has 1 aromatic heterocycles. The first kappa shape index (κ1) is 13.8. The summed E-state index contributed by atoms with van der Waals surface area (Å²) in [7, 11) is 0. The Labute approximate surface area is 120 Å². The number of ether oxygens (including phenoxy) is 1. The maximum absolute atomic E-state index is 10.0. The molecule has 3 rings (SSSR count). The zero-order valence-corrected chi connectivity index (χ0v) is 11.6. The number of aliphatic hydroxyl groups is 3. The zero-order chi connectivity index (χ0) is 14.5. The van der Waals surface area contributed by atoms with Gasteiger partial charge in [-0.25, -0.2) is 4.98 Å². The summed E-state index contributed by atoms with van der Waals surface area (Å²) in [6.45, 7) is 1.42. The summed E-state index contributed by atoms with van der Waals surface area (Å²) < 4.78 is 7.05. The van der Waals surface area contributed by atoms with Gasteiger partial charge < -0.3 is 25.4 Å². The molecule has 0 spiro atoms. The number of aliphatic hydroxyl groups excluding tert-OH is 3. The molecule has 0 bridgehead atoms. The maximum Gasteiger partial charge on any atom is 0.165 e. The highest BCUT2D eigenvalue weighted by atomic mass is 32.1. The molecule has 1 fully saturated rings. The van der Waals surface area contributed by atoms with E-state index in [-0.39, 0.29) is 6.61 Å². The van der Waals surface area contributed by atoms with Gasteiger partial charge in [-0.05, 0) is 6.92 Å². The number of anilines is 1. The number of hydrogen-bond donors (Lipinski definition) is 5. The number of aliphatic imine (C=N–C) groups is 1. The van der Waals surface area contributed by atoms with Crippen molar-refractivity contribution in [3.8, 4) is 0 Å². The molecule has 2 unspecified atom stereocenters. The van der Waals surface area contributed by atoms with Gasteiger partial charge in [0.05, 0.1) is 19.3 Å². The lowest BCUT2D eigenvalue weighted by atomic mass is 10.1. The van der Waals surface area contributed by atoms with E-state index >= 15 is 0 Å². The third kappa shape index (κ3) is 1.93. The number of rotatable bonds is 2. The second-order valence-electron chi connectivity index (χ2n) is 5.00. The molecular formula is C11H16N4O4S. The van der Waals surface area contributed by atoms with Crippen molar-refractivity contribution in [2.75, 3.05) is 11.9 Å². The van der Waals surface area contributed by atoms with Crippen LogP contribution in [0.25, 0.3) is 0 Å². The Morgan fingerprint density at radius 3 is 2.90 bits per heavy atom. The van der Waals surface area contributed by atoms with Crippen LogP contribution in [-0.4, -0.2) is 56.1 Å². The molecule has 3 heterocycles. The van der Waals surface area contributed by atoms with Crippen LogP contribution >= 0.6 is 12.6 Å². The monoisotopic (exact) mass is 300 g/mol. The van der Waals surface area contributed by atoms with Gasteiger partial charge in [0.2, 0.25) is 0 Å². The van der Waals surface area contributed by atoms with Crippen molar-refractivity contribution in [2.24, 2.45) is 4.99 Å². The van der Waals surface area contributed by atoms with E-state index in [0.29, 0.717) is 11.5 Å². The number of hydrogen-bond acceptors (Lipinski definition) is 8. The molecular weight excluding hydrogens is 284 g/mol. The first-order chi connectivity index (χ1) is 9.45. The van der Waals surface area contributed by atoms with Crippen LogP contribution in [-0.2, 0) is 9.61 Å². The molecule has 1 saturated heterocycles. The van der Waals surface area contributed by atoms with Gasteiger partial charge in [-0.2, -0.15) is 0 Å². The highest BCUT2D eigenvalue weighted by molar-refractivity contribution is 7.81. The van der Waals surface area contributed by atoms with Crippen LogP contribution in [0.3, 0.4) is 0 Å². The summed E-state index contributed by atoms with van der Waals surface area (Å²) in [4.78, 5) is 7.63. The van der Waals surface area contributed by atoms with E-state index in [0.717, 1.165) is 0 Å². The van der Waals surface area contributed by atoms with Crippen LogP contribution in [0.15, 0.2) is 11.3 Å². The number of thiol groups is 1. The van der Waals surface area contributed by atoms with Gasteiger partial charge in [0, 0.05) is 0 Å². The molecule has 1 aromatic rings. The van der Waals surface area contributed by atoms with Gasteiger partial charge in [0.1, 0.15) is 34.7 Å². The normalized spacial score (nSPS) is 39.6. The average molecular weight is 300 g/mol. The lowest BCUT2D eigenvalue weighted by Gasteiger charge is -2.25. The van der Waals surface area contributed by atoms with Gasteiger partial charge >= 0.3 is 0 Å². The van der Waals surface area contributed by atoms with Gasteiger partial charge in [0.25, 0.3) is 0 Å². The van der Waals surface area contributed by atoms with Crippen LogP contribution in [0.2, 0.25) is 0 Å². The minimum atomic E-state index is -1.16. The van der Waals surface area contributed by atoms with E-state index < -0.39 is 29.4 Å². The summed E-state index contributed by atoms with van der Waals surface area (Å²) >= 11 is 4.42. The van der Waals surface area contributed by atoms with Crippen molar-refractivity contribution >= 4 is 24.8 Å². The summed E-state index contributed by atoms with van der Waals surface area (Å²) in [5, 5.41) is 31.9. The average Bonchev–Trinajstić information content (AvgIpc) is 2.94. The smallest absolute Gasteiger partial charge is 0.165 e. The minimum absolute atomic E-state index is 0.370. The lowest BCUT2D eigenvalue weighted by molar-refractivity contribution is -0.0518. The Hall–Kier alpha value is -1.13. The molecule has 0 aliphatic carbocycles. The molecule has 20 heavy (non-hydrogen) atoms. The molecule has 2 aliphatic heterocycles. The van der Waals surface area contributed by atoms with Gasteiger partial charge in [-0.3, -0.25) is 9.56 Å². The predicted molar refractivity (Wildman–Crippen MR) is 73.7 cm³/mol. The van der Waals surface area contributed by atoms with Crippen LogP contribution in [0, 0.1) is 0 Å². The molecule has 0 aromatic carbocycles. The van der Waals surface area contributed by atoms with Crippen molar-refractivity contribution in [1.29, 1.82) is 0 Å². The molecule has 0 radical (unpaired) electrons. The SMILES string of the molecule is CC1(S)N=CNc2c1ncn2C1O[C@H](CO)[C@@H](O)[C@H]1O. The number of nitrogens with zero attached hydrogens (tertiary/aromatic N) is 3. The third-order valence-corrected chi connectivity index (χ3v) is 3.88. The fraction of sp³-hybridized carbons (Fsp3) is 0.636. The van der Waals surface area contributed by atoms with Crippen LogP contribution in [0.4, 0.5) is 5.82 Å². The van der Waals surface area contributed by atoms with Crippen molar-refractivity contribution < 1.29 is 20.1 Å². The predicted octanol–water partition coefficient (Wildman–Crippen LogP) is -0.949. The van der Waals surface area contributed by atoms with Crippen molar-refractivity contribution in [3.05, 3.63) is 12.0 Å². The van der Waals surface area contributed by atoms with Gasteiger partial charge in [-0.15, -0.1) is 12.6 Å². The molecule has 8 nitrogen and oxygen atoms in total. The first-order valence-electron chi connectivity index (χ1n) is 6.18. The lowest BCUT2D eigenvalue weighted by Crippen LogP contribution is -2.33. The third-order valence-electron chi connectivity index (χ3n) is 3.55. The van der Waals surface area contributed by atoms with Crippen molar-refractivity contribution in [3.63, 3.8) is 0 Å².